The van der Waals surface area contributed by atoms with E-state index in [4.69, 9.17) is 9.97 Å². The van der Waals surface area contributed by atoms with E-state index in [2.05, 4.69) is 84.6 Å². The number of aliphatic carboxylic acids is 1. The number of aryl methyl sites for hydroxylation is 2. The average molecular weight is 626 g/mol. The maximum atomic E-state index is 11.9. The molecule has 8 rings (SSSR count). The Hall–Kier alpha value is -3.46. The molecule has 9 nitrogen and oxygen atoms in total. The largest absolute Gasteiger partial charge is 0.481 e. The highest BCUT2D eigenvalue weighted by Gasteiger charge is 2.74. The SMILES string of the molecule is CC[C@@H](N(C)c1nc2c(c(N[C@@H](CN3CCC[C@H](C)C3)c3cnn(C)c3)n1)C[C@](C)(c1ccccc1)CC2)C12CC(C(=O)O)(C1)C2. The molecule has 0 spiro atoms. The predicted molar refractivity (Wildman–Crippen MR) is 181 cm³/mol. The summed E-state index contributed by atoms with van der Waals surface area (Å²) in [7, 11) is 4.11. The second-order valence-corrected chi connectivity index (χ2v) is 15.6. The lowest BCUT2D eigenvalue weighted by atomic mass is 9.33. The van der Waals surface area contributed by atoms with Crippen LogP contribution in [0.25, 0.3) is 0 Å². The van der Waals surface area contributed by atoms with E-state index in [0.717, 1.165) is 82.0 Å². The highest BCUT2D eigenvalue weighted by atomic mass is 16.4. The number of nitrogens with one attached hydrogen (secondary N) is 1. The second-order valence-electron chi connectivity index (χ2n) is 15.6. The fourth-order valence-electron chi connectivity index (χ4n) is 9.58. The van der Waals surface area contributed by atoms with E-state index in [-0.39, 0.29) is 22.9 Å². The minimum absolute atomic E-state index is 0.00346. The van der Waals surface area contributed by atoms with Gasteiger partial charge in [0.05, 0.1) is 23.3 Å². The lowest BCUT2D eigenvalue weighted by Crippen LogP contribution is -2.72. The molecule has 46 heavy (non-hydrogen) atoms. The molecule has 2 aromatic heterocycles. The number of carboxylic acids is 1. The van der Waals surface area contributed by atoms with Gasteiger partial charge in [-0.25, -0.2) is 4.98 Å². The van der Waals surface area contributed by atoms with E-state index >= 15 is 0 Å². The molecule has 1 saturated heterocycles. The van der Waals surface area contributed by atoms with Crippen molar-refractivity contribution in [1.82, 2.24) is 24.6 Å². The summed E-state index contributed by atoms with van der Waals surface area (Å²) in [4.78, 5) is 27.5. The number of carbonyl (C=O) groups is 1. The Morgan fingerprint density at radius 1 is 1.20 bits per heavy atom. The normalized spacial score (nSPS) is 30.0. The first kappa shape index (κ1) is 31.2. The van der Waals surface area contributed by atoms with Gasteiger partial charge in [-0.05, 0) is 86.6 Å². The zero-order chi connectivity index (χ0) is 32.3. The second kappa shape index (κ2) is 11.7. The van der Waals surface area contributed by atoms with Gasteiger partial charge in [0, 0.05) is 50.6 Å². The van der Waals surface area contributed by atoms with Gasteiger partial charge in [-0.1, -0.05) is 51.1 Å². The monoisotopic (exact) mass is 625 g/mol. The summed E-state index contributed by atoms with van der Waals surface area (Å²) in [6.07, 6.45) is 12.7. The van der Waals surface area contributed by atoms with E-state index < -0.39 is 11.4 Å². The van der Waals surface area contributed by atoms with Crippen molar-refractivity contribution in [3.8, 4) is 0 Å². The molecule has 246 valence electrons. The van der Waals surface area contributed by atoms with Gasteiger partial charge < -0.3 is 20.2 Å². The van der Waals surface area contributed by atoms with Gasteiger partial charge in [-0.15, -0.1) is 0 Å². The average Bonchev–Trinajstić information content (AvgIpc) is 3.44. The summed E-state index contributed by atoms with van der Waals surface area (Å²) in [5.41, 5.74) is 4.44. The quantitative estimate of drug-likeness (QED) is 0.267. The fourth-order valence-corrected chi connectivity index (χ4v) is 9.58. The van der Waals surface area contributed by atoms with Crippen molar-refractivity contribution in [1.29, 1.82) is 0 Å². The third-order valence-electron chi connectivity index (χ3n) is 12.1. The molecular formula is C37H51N7O2. The highest BCUT2D eigenvalue weighted by Crippen LogP contribution is 2.75. The van der Waals surface area contributed by atoms with Crippen LogP contribution in [0.5, 0.6) is 0 Å². The summed E-state index contributed by atoms with van der Waals surface area (Å²) in [6, 6.07) is 11.2. The molecule has 4 fully saturated rings. The van der Waals surface area contributed by atoms with Crippen LogP contribution in [0.3, 0.4) is 0 Å². The predicted octanol–water partition coefficient (Wildman–Crippen LogP) is 6.01. The van der Waals surface area contributed by atoms with Crippen LogP contribution in [0.15, 0.2) is 42.7 Å². The minimum atomic E-state index is -0.630. The van der Waals surface area contributed by atoms with Gasteiger partial charge in [0.15, 0.2) is 0 Å². The van der Waals surface area contributed by atoms with Crippen molar-refractivity contribution >= 4 is 17.7 Å². The van der Waals surface area contributed by atoms with Crippen LogP contribution < -0.4 is 10.2 Å². The molecule has 4 atom stereocenters. The number of nitrogens with zero attached hydrogens (tertiary/aromatic N) is 6. The molecule has 2 N–H and O–H groups in total. The van der Waals surface area contributed by atoms with E-state index in [1.165, 1.54) is 29.5 Å². The van der Waals surface area contributed by atoms with Gasteiger partial charge in [0.25, 0.3) is 0 Å². The van der Waals surface area contributed by atoms with Crippen molar-refractivity contribution in [3.63, 3.8) is 0 Å². The van der Waals surface area contributed by atoms with Crippen LogP contribution in [-0.2, 0) is 30.1 Å². The molecule has 3 saturated carbocycles. The van der Waals surface area contributed by atoms with Crippen molar-refractivity contribution in [3.05, 3.63) is 65.1 Å². The first-order valence-corrected chi connectivity index (χ1v) is 17.4. The van der Waals surface area contributed by atoms with Gasteiger partial charge in [0.2, 0.25) is 5.95 Å². The molecule has 1 aromatic carbocycles. The summed E-state index contributed by atoms with van der Waals surface area (Å²) < 4.78 is 1.89. The van der Waals surface area contributed by atoms with Gasteiger partial charge in [0.1, 0.15) is 5.82 Å². The molecule has 3 heterocycles. The minimum Gasteiger partial charge on any atom is -0.481 e. The third kappa shape index (κ3) is 5.38. The summed E-state index contributed by atoms with van der Waals surface area (Å²) in [6.45, 7) is 10.1. The zero-order valence-electron chi connectivity index (χ0n) is 28.3. The van der Waals surface area contributed by atoms with Gasteiger partial charge in [-0.2, -0.15) is 10.1 Å². The molecule has 9 heteroatoms. The Labute approximate surface area is 273 Å². The molecule has 0 amide bonds. The van der Waals surface area contributed by atoms with Crippen molar-refractivity contribution < 1.29 is 9.90 Å². The molecule has 1 aliphatic heterocycles. The zero-order valence-corrected chi connectivity index (χ0v) is 28.3. The standard InChI is InChI=1S/C37H51N7O2/c1-6-31(36-22-37(23-36,24-36)33(45)46)43(5)34-40-29-14-15-35(3,27-12-8-7-9-13-27)17-28(29)32(41-34)39-30(26-18-38-42(4)20-26)21-44-16-10-11-25(2)19-44/h7-9,12-13,18,20,25,30-31H,6,10-11,14-17,19,21-24H2,1-5H3,(H,45,46)(H,39,40,41)/t25-,30-,31+,35+,36?,37?/m0/s1. The third-order valence-corrected chi connectivity index (χ3v) is 12.1. The molecule has 0 radical (unpaired) electrons. The lowest BCUT2D eigenvalue weighted by molar-refractivity contribution is -0.230. The van der Waals surface area contributed by atoms with Gasteiger partial charge >= 0.3 is 5.97 Å². The Morgan fingerprint density at radius 3 is 2.61 bits per heavy atom. The summed E-state index contributed by atoms with van der Waals surface area (Å²) in [5.74, 6) is 1.75. The van der Waals surface area contributed by atoms with Crippen LogP contribution in [-0.4, -0.2) is 68.4 Å². The van der Waals surface area contributed by atoms with Crippen molar-refractivity contribution in [2.45, 2.75) is 96.1 Å². The van der Waals surface area contributed by atoms with E-state index in [1.807, 2.05) is 17.9 Å². The van der Waals surface area contributed by atoms with Crippen LogP contribution in [0.4, 0.5) is 11.8 Å². The molecule has 4 aliphatic carbocycles. The number of likely N-dealkylation sites (tertiary alicyclic amines) is 1. The number of hydrogen-bond donors (Lipinski definition) is 2. The first-order chi connectivity index (χ1) is 22.0. The number of benzene rings is 1. The van der Waals surface area contributed by atoms with Crippen molar-refractivity contribution in [2.75, 3.05) is 36.9 Å². The maximum Gasteiger partial charge on any atom is 0.309 e. The number of aromatic nitrogens is 4. The Bertz CT molecular complexity index is 1570. The number of hydrogen-bond acceptors (Lipinski definition) is 7. The number of anilines is 2. The number of rotatable bonds is 11. The molecule has 0 unspecified atom stereocenters. The van der Waals surface area contributed by atoms with Gasteiger partial charge in [-0.3, -0.25) is 9.48 Å². The molecule has 3 aromatic rings. The Kier molecular flexibility index (Phi) is 7.89. The van der Waals surface area contributed by atoms with E-state index in [9.17, 15) is 9.90 Å². The van der Waals surface area contributed by atoms with Crippen molar-refractivity contribution in [2.24, 2.45) is 23.8 Å². The smallest absolute Gasteiger partial charge is 0.309 e. The number of carboxylic acid groups (broad SMARTS) is 1. The topological polar surface area (TPSA) is 99.4 Å². The molecule has 5 aliphatic rings. The Morgan fingerprint density at radius 2 is 1.96 bits per heavy atom. The number of piperidine rings is 1. The first-order valence-electron chi connectivity index (χ1n) is 17.4. The summed E-state index contributed by atoms with van der Waals surface area (Å²) in [5, 5.41) is 18.3. The maximum absolute atomic E-state index is 11.9. The Balaban J connectivity index is 1.25. The molecular weight excluding hydrogens is 574 g/mol. The van der Waals surface area contributed by atoms with E-state index in [0.29, 0.717) is 5.92 Å². The van der Waals surface area contributed by atoms with Crippen LogP contribution in [0, 0.1) is 16.7 Å². The fraction of sp³-hybridized carbons (Fsp3) is 0.622. The van der Waals surface area contributed by atoms with Crippen LogP contribution >= 0.6 is 0 Å². The lowest BCUT2D eigenvalue weighted by Gasteiger charge is -2.71. The van der Waals surface area contributed by atoms with E-state index in [1.54, 1.807) is 0 Å². The highest BCUT2D eigenvalue weighted by molar-refractivity contribution is 5.79. The molecule has 2 bridgehead atoms. The van der Waals surface area contributed by atoms with Crippen LogP contribution in [0.1, 0.15) is 94.1 Å². The van der Waals surface area contributed by atoms with Crippen LogP contribution in [0.2, 0.25) is 0 Å². The number of fused-ring (bicyclic) bond motifs is 1. The summed E-state index contributed by atoms with van der Waals surface area (Å²) >= 11 is 0.